The van der Waals surface area contributed by atoms with Crippen molar-refractivity contribution in [1.29, 1.82) is 0 Å². The van der Waals surface area contributed by atoms with Crippen molar-refractivity contribution in [3.8, 4) is 11.1 Å². The molecule has 1 atom stereocenters. The Balaban J connectivity index is 1.25. The number of hydrogen-bond donors (Lipinski definition) is 3. The highest BCUT2D eigenvalue weighted by Crippen LogP contribution is 2.24. The molecule has 1 aliphatic rings. The van der Waals surface area contributed by atoms with E-state index >= 15 is 0 Å². The summed E-state index contributed by atoms with van der Waals surface area (Å²) in [6, 6.07) is 24.5. The summed E-state index contributed by atoms with van der Waals surface area (Å²) in [5, 5.41) is 5.85. The minimum absolute atomic E-state index is 0.0867. The number of benzene rings is 3. The Morgan fingerprint density at radius 1 is 0.912 bits per heavy atom. The van der Waals surface area contributed by atoms with Gasteiger partial charge in [-0.3, -0.25) is 4.79 Å². The third-order valence-corrected chi connectivity index (χ3v) is 6.34. The third-order valence-electron chi connectivity index (χ3n) is 6.34. The van der Waals surface area contributed by atoms with Crippen LogP contribution in [0.15, 0.2) is 72.8 Å². The maximum absolute atomic E-state index is 12.3. The van der Waals surface area contributed by atoms with Crippen LogP contribution in [0.5, 0.6) is 0 Å². The lowest BCUT2D eigenvalue weighted by Crippen LogP contribution is -2.41. The number of anilines is 1. The van der Waals surface area contributed by atoms with Gasteiger partial charge in [-0.2, -0.15) is 0 Å². The van der Waals surface area contributed by atoms with E-state index < -0.39 is 0 Å². The van der Waals surface area contributed by atoms with E-state index in [1.165, 1.54) is 5.56 Å². The van der Waals surface area contributed by atoms with E-state index in [1.807, 2.05) is 36.4 Å². The molecule has 176 valence electrons. The van der Waals surface area contributed by atoms with Crippen LogP contribution >= 0.6 is 0 Å². The second-order valence-electron chi connectivity index (χ2n) is 8.96. The first-order valence-corrected chi connectivity index (χ1v) is 11.8. The van der Waals surface area contributed by atoms with Gasteiger partial charge in [-0.05, 0) is 60.2 Å². The summed E-state index contributed by atoms with van der Waals surface area (Å²) in [6.07, 6.45) is 1.82. The van der Waals surface area contributed by atoms with Gasteiger partial charge >= 0.3 is 6.03 Å². The van der Waals surface area contributed by atoms with Crippen LogP contribution in [0.3, 0.4) is 0 Å². The molecule has 0 aliphatic carbocycles. The quantitative estimate of drug-likeness (QED) is 0.494. The molecule has 0 aromatic heterocycles. The van der Waals surface area contributed by atoms with Crippen molar-refractivity contribution < 1.29 is 9.59 Å². The number of nitrogens with zero attached hydrogens (tertiary/aromatic N) is 1. The fraction of sp³-hybridized carbons (Fsp3) is 0.286. The molecule has 3 aromatic carbocycles. The summed E-state index contributed by atoms with van der Waals surface area (Å²) in [5.74, 6) is -0.310. The first kappa shape index (κ1) is 23.4. The first-order chi connectivity index (χ1) is 16.5. The minimum Gasteiger partial charge on any atom is -0.371 e. The Hall–Kier alpha value is -3.80. The van der Waals surface area contributed by atoms with Crippen molar-refractivity contribution in [2.24, 2.45) is 11.7 Å². The Bertz CT molecular complexity index is 1130. The number of piperidine rings is 1. The van der Waals surface area contributed by atoms with Gasteiger partial charge in [0, 0.05) is 31.9 Å². The van der Waals surface area contributed by atoms with E-state index in [1.54, 1.807) is 0 Å². The van der Waals surface area contributed by atoms with Crippen LogP contribution in [-0.4, -0.2) is 25.0 Å². The van der Waals surface area contributed by atoms with Crippen LogP contribution in [0, 0.1) is 12.8 Å². The van der Waals surface area contributed by atoms with Gasteiger partial charge in [0.2, 0.25) is 5.91 Å². The van der Waals surface area contributed by atoms with E-state index in [4.69, 9.17) is 5.73 Å². The number of rotatable bonds is 7. The van der Waals surface area contributed by atoms with E-state index in [-0.39, 0.29) is 17.9 Å². The Morgan fingerprint density at radius 2 is 1.62 bits per heavy atom. The first-order valence-electron chi connectivity index (χ1n) is 11.8. The summed E-state index contributed by atoms with van der Waals surface area (Å²) in [6.45, 7) is 4.57. The summed E-state index contributed by atoms with van der Waals surface area (Å²) < 4.78 is 0. The molecule has 6 nitrogen and oxygen atoms in total. The zero-order valence-corrected chi connectivity index (χ0v) is 19.6. The van der Waals surface area contributed by atoms with E-state index in [9.17, 15) is 9.59 Å². The Labute approximate surface area is 201 Å². The normalized spacial score (nSPS) is 15.6. The van der Waals surface area contributed by atoms with E-state index in [0.29, 0.717) is 19.6 Å². The molecule has 3 aromatic rings. The van der Waals surface area contributed by atoms with Crippen LogP contribution in [0.25, 0.3) is 11.1 Å². The average Bonchev–Trinajstić information content (AvgIpc) is 2.87. The molecule has 1 saturated heterocycles. The number of urea groups is 1. The van der Waals surface area contributed by atoms with Gasteiger partial charge in [0.25, 0.3) is 0 Å². The topological polar surface area (TPSA) is 87.5 Å². The molecule has 34 heavy (non-hydrogen) atoms. The van der Waals surface area contributed by atoms with Crippen molar-refractivity contribution in [1.82, 2.24) is 10.6 Å². The molecule has 0 spiro atoms. The highest BCUT2D eigenvalue weighted by Gasteiger charge is 2.24. The predicted octanol–water partition coefficient (Wildman–Crippen LogP) is 4.36. The van der Waals surface area contributed by atoms with Crippen molar-refractivity contribution in [3.05, 3.63) is 89.5 Å². The lowest BCUT2D eigenvalue weighted by molar-refractivity contribution is -0.122. The lowest BCUT2D eigenvalue weighted by Gasteiger charge is -2.33. The monoisotopic (exact) mass is 456 g/mol. The number of carbonyl (C=O) groups excluding carboxylic acids is 2. The molecule has 1 aliphatic heterocycles. The molecule has 1 fully saturated rings. The number of amides is 3. The largest absolute Gasteiger partial charge is 0.371 e. The number of hydrogen-bond acceptors (Lipinski definition) is 3. The summed E-state index contributed by atoms with van der Waals surface area (Å²) >= 11 is 0. The van der Waals surface area contributed by atoms with Crippen molar-refractivity contribution in [3.63, 3.8) is 0 Å². The zero-order chi connectivity index (χ0) is 23.9. The summed E-state index contributed by atoms with van der Waals surface area (Å²) in [7, 11) is 0. The predicted molar refractivity (Wildman–Crippen MR) is 136 cm³/mol. The lowest BCUT2D eigenvalue weighted by atomic mass is 9.97. The van der Waals surface area contributed by atoms with Crippen LogP contribution in [0.2, 0.25) is 0 Å². The number of aryl methyl sites for hydroxylation is 1. The Kier molecular flexibility index (Phi) is 7.48. The minimum atomic E-state index is -0.224. The van der Waals surface area contributed by atoms with Gasteiger partial charge in [-0.1, -0.05) is 60.2 Å². The van der Waals surface area contributed by atoms with Gasteiger partial charge in [0.1, 0.15) is 0 Å². The molecule has 4 N–H and O–H groups in total. The summed E-state index contributed by atoms with van der Waals surface area (Å²) in [4.78, 5) is 26.0. The average molecular weight is 457 g/mol. The highest BCUT2D eigenvalue weighted by atomic mass is 16.2. The van der Waals surface area contributed by atoms with Crippen LogP contribution in [-0.2, 0) is 17.9 Å². The van der Waals surface area contributed by atoms with Gasteiger partial charge < -0.3 is 21.3 Å². The second-order valence-corrected chi connectivity index (χ2v) is 8.96. The second kappa shape index (κ2) is 10.9. The van der Waals surface area contributed by atoms with Crippen LogP contribution in [0.1, 0.15) is 29.5 Å². The fourth-order valence-corrected chi connectivity index (χ4v) is 4.30. The molecule has 1 heterocycles. The van der Waals surface area contributed by atoms with Crippen LogP contribution < -0.4 is 21.3 Å². The Morgan fingerprint density at radius 3 is 2.32 bits per heavy atom. The molecule has 4 rings (SSSR count). The van der Waals surface area contributed by atoms with Gasteiger partial charge in [-0.15, -0.1) is 0 Å². The SMILES string of the molecule is Cc1ccc(-c2cccc(CNC(=O)NCc3ccc(N4CCCC(C(N)=O)C4)cc3)c2)cc1. The maximum Gasteiger partial charge on any atom is 0.315 e. The zero-order valence-electron chi connectivity index (χ0n) is 19.6. The highest BCUT2D eigenvalue weighted by molar-refractivity contribution is 5.77. The van der Waals surface area contributed by atoms with Gasteiger partial charge in [0.05, 0.1) is 5.92 Å². The number of nitrogens with two attached hydrogens (primary N) is 1. The molecule has 0 bridgehead atoms. The molecule has 1 unspecified atom stereocenters. The number of primary amides is 1. The molecule has 0 radical (unpaired) electrons. The summed E-state index contributed by atoms with van der Waals surface area (Å²) in [5.41, 5.74) is 12.2. The number of nitrogens with one attached hydrogen (secondary N) is 2. The molecular weight excluding hydrogens is 424 g/mol. The van der Waals surface area contributed by atoms with Crippen molar-refractivity contribution in [2.45, 2.75) is 32.9 Å². The molecular formula is C28H32N4O2. The molecule has 0 saturated carbocycles. The maximum atomic E-state index is 12.3. The van der Waals surface area contributed by atoms with Gasteiger partial charge in [0.15, 0.2) is 0 Å². The van der Waals surface area contributed by atoms with E-state index in [2.05, 4.69) is 58.9 Å². The van der Waals surface area contributed by atoms with Crippen molar-refractivity contribution in [2.75, 3.05) is 18.0 Å². The van der Waals surface area contributed by atoms with Crippen molar-refractivity contribution >= 4 is 17.6 Å². The standard InChI is InChI=1S/C28H32N4O2/c1-20-7-11-23(12-8-20)24-5-2-4-22(16-24)18-31-28(34)30-17-21-9-13-26(14-10-21)32-15-3-6-25(19-32)27(29)33/h2,4-5,7-14,16,25H,3,6,15,17-19H2,1H3,(H2,29,33)(H2,30,31,34). The van der Waals surface area contributed by atoms with Gasteiger partial charge in [-0.25, -0.2) is 4.79 Å². The molecule has 3 amide bonds. The number of carbonyl (C=O) groups is 2. The van der Waals surface area contributed by atoms with Crippen LogP contribution in [0.4, 0.5) is 10.5 Å². The third kappa shape index (κ3) is 6.16. The molecule has 6 heteroatoms. The fourth-order valence-electron chi connectivity index (χ4n) is 4.30. The van der Waals surface area contributed by atoms with E-state index in [0.717, 1.165) is 47.3 Å². The smallest absolute Gasteiger partial charge is 0.315 e.